The van der Waals surface area contributed by atoms with Crippen molar-refractivity contribution in [2.45, 2.75) is 127 Å². The molecule has 2 saturated carbocycles. The second-order valence-corrected chi connectivity index (χ2v) is 11.2. The SMILES string of the molecule is CC1(C)OB(C(CC(=O)N(C2CCCCC2)C2CCCCC2)c2ccccc2)OC1(C)C. The maximum atomic E-state index is 14.0. The Morgan fingerprint density at radius 1 is 0.875 bits per heavy atom. The van der Waals surface area contributed by atoms with Crippen LogP contribution in [0.25, 0.3) is 0 Å². The second kappa shape index (κ2) is 9.89. The molecule has 0 aromatic heterocycles. The number of benzene rings is 1. The van der Waals surface area contributed by atoms with Gasteiger partial charge in [0.25, 0.3) is 0 Å². The van der Waals surface area contributed by atoms with E-state index in [-0.39, 0.29) is 5.82 Å². The van der Waals surface area contributed by atoms with Gasteiger partial charge in [0.2, 0.25) is 5.91 Å². The third kappa shape index (κ3) is 5.09. The summed E-state index contributed by atoms with van der Waals surface area (Å²) < 4.78 is 12.9. The number of nitrogens with zero attached hydrogens (tertiary/aromatic N) is 1. The zero-order valence-electron chi connectivity index (χ0n) is 20.6. The molecule has 1 atom stereocenters. The summed E-state index contributed by atoms with van der Waals surface area (Å²) in [6.07, 6.45) is 12.7. The summed E-state index contributed by atoms with van der Waals surface area (Å²) in [5.74, 6) is 0.201. The summed E-state index contributed by atoms with van der Waals surface area (Å²) in [6.45, 7) is 8.36. The lowest BCUT2D eigenvalue weighted by molar-refractivity contribution is -0.138. The van der Waals surface area contributed by atoms with Gasteiger partial charge in [-0.3, -0.25) is 4.79 Å². The van der Waals surface area contributed by atoms with Crippen LogP contribution in [-0.2, 0) is 14.1 Å². The highest BCUT2D eigenvalue weighted by Crippen LogP contribution is 2.42. The highest BCUT2D eigenvalue weighted by atomic mass is 16.7. The van der Waals surface area contributed by atoms with Gasteiger partial charge in [0.1, 0.15) is 0 Å². The van der Waals surface area contributed by atoms with Gasteiger partial charge < -0.3 is 14.2 Å². The molecule has 0 spiro atoms. The van der Waals surface area contributed by atoms with Crippen LogP contribution >= 0.6 is 0 Å². The van der Waals surface area contributed by atoms with E-state index in [4.69, 9.17) is 9.31 Å². The number of hydrogen-bond acceptors (Lipinski definition) is 3. The Morgan fingerprint density at radius 2 is 1.34 bits per heavy atom. The van der Waals surface area contributed by atoms with Crippen LogP contribution in [0, 0.1) is 0 Å². The van der Waals surface area contributed by atoms with E-state index in [1.165, 1.54) is 38.5 Å². The van der Waals surface area contributed by atoms with Crippen LogP contribution in [0.5, 0.6) is 0 Å². The molecule has 3 fully saturated rings. The van der Waals surface area contributed by atoms with Gasteiger partial charge in [0.15, 0.2) is 0 Å². The van der Waals surface area contributed by atoms with Crippen molar-refractivity contribution in [2.24, 2.45) is 0 Å². The maximum absolute atomic E-state index is 14.0. The molecule has 0 bridgehead atoms. The fraction of sp³-hybridized carbons (Fsp3) is 0.741. The van der Waals surface area contributed by atoms with Crippen molar-refractivity contribution in [1.29, 1.82) is 0 Å². The Kier molecular flexibility index (Phi) is 7.36. The molecule has 0 radical (unpaired) electrons. The van der Waals surface area contributed by atoms with Crippen molar-refractivity contribution in [2.75, 3.05) is 0 Å². The first-order valence-corrected chi connectivity index (χ1v) is 13.0. The smallest absolute Gasteiger partial charge is 0.403 e. The Labute approximate surface area is 195 Å². The van der Waals surface area contributed by atoms with Crippen LogP contribution in [0.1, 0.15) is 110 Å². The summed E-state index contributed by atoms with van der Waals surface area (Å²) in [5, 5.41) is 0. The first-order valence-electron chi connectivity index (χ1n) is 13.0. The molecule has 1 amide bonds. The predicted octanol–water partition coefficient (Wildman–Crippen LogP) is 6.29. The summed E-state index contributed by atoms with van der Waals surface area (Å²) >= 11 is 0. The third-order valence-electron chi connectivity index (χ3n) is 8.45. The monoisotopic (exact) mass is 439 g/mol. The lowest BCUT2D eigenvalue weighted by Crippen LogP contribution is -2.49. The molecule has 1 aromatic rings. The fourth-order valence-electron chi connectivity index (χ4n) is 5.84. The van der Waals surface area contributed by atoms with Gasteiger partial charge in [0.05, 0.1) is 11.2 Å². The van der Waals surface area contributed by atoms with Crippen molar-refractivity contribution in [1.82, 2.24) is 4.90 Å². The van der Waals surface area contributed by atoms with E-state index < -0.39 is 18.3 Å². The molecule has 1 heterocycles. The first-order chi connectivity index (χ1) is 15.3. The average molecular weight is 439 g/mol. The van der Waals surface area contributed by atoms with Gasteiger partial charge in [-0.2, -0.15) is 0 Å². The molecule has 2 aliphatic carbocycles. The zero-order chi connectivity index (χ0) is 22.8. The second-order valence-electron chi connectivity index (χ2n) is 11.2. The van der Waals surface area contributed by atoms with E-state index in [0.717, 1.165) is 31.2 Å². The van der Waals surface area contributed by atoms with E-state index in [2.05, 4.69) is 56.9 Å². The lowest BCUT2D eigenvalue weighted by Gasteiger charge is -2.42. The van der Waals surface area contributed by atoms with E-state index in [1.54, 1.807) is 0 Å². The van der Waals surface area contributed by atoms with Gasteiger partial charge in [0, 0.05) is 24.3 Å². The predicted molar refractivity (Wildman–Crippen MR) is 130 cm³/mol. The van der Waals surface area contributed by atoms with Crippen LogP contribution in [0.15, 0.2) is 30.3 Å². The molecule has 0 N–H and O–H groups in total. The van der Waals surface area contributed by atoms with Crippen molar-refractivity contribution in [3.8, 4) is 0 Å². The van der Waals surface area contributed by atoms with Gasteiger partial charge in [-0.1, -0.05) is 68.9 Å². The molecule has 4 rings (SSSR count). The number of carbonyl (C=O) groups excluding carboxylic acids is 1. The van der Waals surface area contributed by atoms with Crippen molar-refractivity contribution < 1.29 is 14.1 Å². The normalized spacial score (nSPS) is 24.9. The molecule has 32 heavy (non-hydrogen) atoms. The highest BCUT2D eigenvalue weighted by Gasteiger charge is 2.54. The summed E-state index contributed by atoms with van der Waals surface area (Å²) in [6, 6.07) is 11.2. The third-order valence-corrected chi connectivity index (χ3v) is 8.45. The van der Waals surface area contributed by atoms with Crippen LogP contribution < -0.4 is 0 Å². The van der Waals surface area contributed by atoms with Gasteiger partial charge >= 0.3 is 7.12 Å². The first kappa shape index (κ1) is 23.8. The van der Waals surface area contributed by atoms with Crippen LogP contribution in [0.2, 0.25) is 0 Å². The topological polar surface area (TPSA) is 38.8 Å². The molecular weight excluding hydrogens is 397 g/mol. The number of carbonyl (C=O) groups is 1. The van der Waals surface area contributed by atoms with Crippen molar-refractivity contribution >= 4 is 13.0 Å². The standard InChI is InChI=1S/C27H42BNO3/c1-26(2)27(3,4)32-28(31-26)24(21-14-8-5-9-15-21)20-25(30)29(22-16-10-6-11-17-22)23-18-12-7-13-19-23/h5,8-9,14-15,22-24H,6-7,10-13,16-20H2,1-4H3. The molecule has 1 aliphatic heterocycles. The molecule has 176 valence electrons. The minimum Gasteiger partial charge on any atom is -0.403 e. The molecule has 3 aliphatic rings. The number of hydrogen-bond donors (Lipinski definition) is 0. The molecular formula is C27H42BNO3. The van der Waals surface area contributed by atoms with Gasteiger partial charge in [-0.25, -0.2) is 0 Å². The number of rotatable bonds is 6. The lowest BCUT2D eigenvalue weighted by atomic mass is 9.66. The zero-order valence-corrected chi connectivity index (χ0v) is 20.6. The fourth-order valence-corrected chi connectivity index (χ4v) is 5.84. The van der Waals surface area contributed by atoms with Crippen LogP contribution in [-0.4, -0.2) is 41.2 Å². The Morgan fingerprint density at radius 3 is 1.81 bits per heavy atom. The molecule has 5 heteroatoms. The minimum atomic E-state index is -0.411. The Balaban J connectivity index is 1.59. The quantitative estimate of drug-likeness (QED) is 0.489. The van der Waals surface area contributed by atoms with E-state index in [0.29, 0.717) is 24.4 Å². The highest BCUT2D eigenvalue weighted by molar-refractivity contribution is 6.48. The molecule has 1 aromatic carbocycles. The van der Waals surface area contributed by atoms with Gasteiger partial charge in [-0.05, 0) is 58.9 Å². The number of amides is 1. The summed E-state index contributed by atoms with van der Waals surface area (Å²) in [5.41, 5.74) is 0.326. The molecule has 1 unspecified atom stereocenters. The average Bonchev–Trinajstić information content (AvgIpc) is 3.01. The van der Waals surface area contributed by atoms with Crippen LogP contribution in [0.4, 0.5) is 0 Å². The van der Waals surface area contributed by atoms with E-state index in [1.807, 2.05) is 6.07 Å². The maximum Gasteiger partial charge on any atom is 0.466 e. The Hall–Kier alpha value is -1.33. The van der Waals surface area contributed by atoms with Crippen molar-refractivity contribution in [3.63, 3.8) is 0 Å². The molecule has 1 saturated heterocycles. The minimum absolute atomic E-state index is 0.0977. The Bertz CT molecular complexity index is 719. The largest absolute Gasteiger partial charge is 0.466 e. The summed E-state index contributed by atoms with van der Waals surface area (Å²) in [7, 11) is -0.411. The molecule has 4 nitrogen and oxygen atoms in total. The van der Waals surface area contributed by atoms with Crippen molar-refractivity contribution in [3.05, 3.63) is 35.9 Å². The van der Waals surface area contributed by atoms with Gasteiger partial charge in [-0.15, -0.1) is 0 Å². The summed E-state index contributed by atoms with van der Waals surface area (Å²) in [4.78, 5) is 16.4. The van der Waals surface area contributed by atoms with E-state index in [9.17, 15) is 4.79 Å². The van der Waals surface area contributed by atoms with Crippen LogP contribution in [0.3, 0.4) is 0 Å². The van der Waals surface area contributed by atoms with E-state index >= 15 is 0 Å².